The maximum atomic E-state index is 11.9. The summed E-state index contributed by atoms with van der Waals surface area (Å²) in [4.78, 5) is 12.4. The van der Waals surface area contributed by atoms with Crippen molar-refractivity contribution in [3.05, 3.63) is 32.7 Å². The summed E-state index contributed by atoms with van der Waals surface area (Å²) in [5, 5.41) is 2.91. The summed E-state index contributed by atoms with van der Waals surface area (Å²) in [5.41, 5.74) is 0.667. The number of carbonyl (C=O) groups excluding carboxylic acids is 1. The molecule has 1 atom stereocenters. The van der Waals surface area contributed by atoms with Gasteiger partial charge < -0.3 is 5.32 Å². The Balaban J connectivity index is 2.47. The number of hydrogen-bond donors (Lipinski definition) is 1. The smallest absolute Gasteiger partial charge is 0.252 e. The fourth-order valence-electron chi connectivity index (χ4n) is 1.35. The SMILES string of the molecule is CC(Br)CCCNC(=O)c1ccc(Br)cc1Br. The maximum Gasteiger partial charge on any atom is 0.252 e. The lowest BCUT2D eigenvalue weighted by Gasteiger charge is -2.08. The number of carbonyl (C=O) groups is 1. The molecule has 1 amide bonds. The van der Waals surface area contributed by atoms with Crippen molar-refractivity contribution in [2.75, 3.05) is 6.54 Å². The molecular weight excluding hydrogens is 414 g/mol. The van der Waals surface area contributed by atoms with Gasteiger partial charge in [-0.25, -0.2) is 0 Å². The monoisotopic (exact) mass is 425 g/mol. The molecule has 0 radical (unpaired) electrons. The highest BCUT2D eigenvalue weighted by atomic mass is 79.9. The van der Waals surface area contributed by atoms with Crippen LogP contribution in [0.5, 0.6) is 0 Å². The van der Waals surface area contributed by atoms with Crippen molar-refractivity contribution in [3.8, 4) is 0 Å². The zero-order valence-electron chi connectivity index (χ0n) is 9.47. The standard InChI is InChI=1S/C12H14Br3NO/c1-8(13)3-2-6-16-12(17)10-5-4-9(14)7-11(10)15/h4-5,7-8H,2-3,6H2,1H3,(H,16,17). The Morgan fingerprint density at radius 1 is 1.41 bits per heavy atom. The number of rotatable bonds is 5. The van der Waals surface area contributed by atoms with Gasteiger partial charge in [-0.3, -0.25) is 4.79 Å². The molecule has 2 nitrogen and oxygen atoms in total. The Kier molecular flexibility index (Phi) is 6.74. The third kappa shape index (κ3) is 5.53. The maximum absolute atomic E-state index is 11.9. The second-order valence-electron chi connectivity index (χ2n) is 3.80. The number of amides is 1. The first-order chi connectivity index (χ1) is 8.00. The largest absolute Gasteiger partial charge is 0.352 e. The van der Waals surface area contributed by atoms with Crippen molar-refractivity contribution in [2.45, 2.75) is 24.6 Å². The van der Waals surface area contributed by atoms with Crippen LogP contribution in [0.15, 0.2) is 27.1 Å². The quantitative estimate of drug-likeness (QED) is 0.543. The lowest BCUT2D eigenvalue weighted by Crippen LogP contribution is -2.25. The summed E-state index contributed by atoms with van der Waals surface area (Å²) in [6.45, 7) is 2.81. The Hall–Kier alpha value is 0.130. The van der Waals surface area contributed by atoms with E-state index in [2.05, 4.69) is 60.0 Å². The predicted molar refractivity (Wildman–Crippen MR) is 81.8 cm³/mol. The van der Waals surface area contributed by atoms with E-state index in [1.807, 2.05) is 12.1 Å². The first kappa shape index (κ1) is 15.2. The van der Waals surface area contributed by atoms with Gasteiger partial charge in [0, 0.05) is 20.3 Å². The predicted octanol–water partition coefficient (Wildman–Crippen LogP) is 4.51. The van der Waals surface area contributed by atoms with E-state index in [0.29, 0.717) is 16.9 Å². The number of halogens is 3. The zero-order valence-corrected chi connectivity index (χ0v) is 14.2. The Morgan fingerprint density at radius 2 is 2.12 bits per heavy atom. The van der Waals surface area contributed by atoms with Gasteiger partial charge in [0.2, 0.25) is 0 Å². The molecule has 1 aromatic carbocycles. The van der Waals surface area contributed by atoms with Gasteiger partial charge in [0.05, 0.1) is 5.56 Å². The molecule has 0 aliphatic heterocycles. The molecule has 0 aliphatic rings. The lowest BCUT2D eigenvalue weighted by atomic mass is 10.2. The fourth-order valence-corrected chi connectivity index (χ4v) is 2.90. The van der Waals surface area contributed by atoms with Crippen LogP contribution in [0.25, 0.3) is 0 Å². The van der Waals surface area contributed by atoms with Crippen molar-refractivity contribution in [1.29, 1.82) is 0 Å². The Morgan fingerprint density at radius 3 is 2.71 bits per heavy atom. The second-order valence-corrected chi connectivity index (χ2v) is 7.14. The fraction of sp³-hybridized carbons (Fsp3) is 0.417. The third-order valence-electron chi connectivity index (χ3n) is 2.24. The normalized spacial score (nSPS) is 12.2. The summed E-state index contributed by atoms with van der Waals surface area (Å²) in [7, 11) is 0. The summed E-state index contributed by atoms with van der Waals surface area (Å²) in [5.74, 6) is -0.0356. The molecule has 94 valence electrons. The van der Waals surface area contributed by atoms with Crippen LogP contribution in [0.4, 0.5) is 0 Å². The summed E-state index contributed by atoms with van der Waals surface area (Å²) < 4.78 is 1.76. The highest BCUT2D eigenvalue weighted by molar-refractivity contribution is 9.11. The number of nitrogens with one attached hydrogen (secondary N) is 1. The van der Waals surface area contributed by atoms with E-state index in [1.165, 1.54) is 0 Å². The zero-order chi connectivity index (χ0) is 12.8. The minimum absolute atomic E-state index is 0.0356. The van der Waals surface area contributed by atoms with Crippen LogP contribution in [-0.4, -0.2) is 17.3 Å². The average molecular weight is 428 g/mol. The molecular formula is C12H14Br3NO. The van der Waals surface area contributed by atoms with E-state index in [9.17, 15) is 4.79 Å². The van der Waals surface area contributed by atoms with Crippen LogP contribution >= 0.6 is 47.8 Å². The van der Waals surface area contributed by atoms with Gasteiger partial charge in [-0.1, -0.05) is 38.8 Å². The van der Waals surface area contributed by atoms with Crippen LogP contribution in [0.3, 0.4) is 0 Å². The van der Waals surface area contributed by atoms with Gasteiger partial charge >= 0.3 is 0 Å². The Bertz CT molecular complexity index is 393. The topological polar surface area (TPSA) is 29.1 Å². The summed E-state index contributed by atoms with van der Waals surface area (Å²) in [6.07, 6.45) is 2.04. The van der Waals surface area contributed by atoms with Crippen LogP contribution in [-0.2, 0) is 0 Å². The van der Waals surface area contributed by atoms with Crippen molar-refractivity contribution in [3.63, 3.8) is 0 Å². The summed E-state index contributed by atoms with van der Waals surface area (Å²) in [6, 6.07) is 5.53. The highest BCUT2D eigenvalue weighted by Gasteiger charge is 2.09. The van der Waals surface area contributed by atoms with Crippen molar-refractivity contribution in [2.24, 2.45) is 0 Å². The van der Waals surface area contributed by atoms with E-state index < -0.39 is 0 Å². The molecule has 0 heterocycles. The molecule has 17 heavy (non-hydrogen) atoms. The van der Waals surface area contributed by atoms with Crippen molar-refractivity contribution >= 4 is 53.7 Å². The van der Waals surface area contributed by atoms with E-state index in [-0.39, 0.29) is 5.91 Å². The second kappa shape index (κ2) is 7.54. The average Bonchev–Trinajstić information content (AvgIpc) is 2.23. The molecule has 0 aliphatic carbocycles. The lowest BCUT2D eigenvalue weighted by molar-refractivity contribution is 0.0952. The molecule has 5 heteroatoms. The minimum atomic E-state index is -0.0356. The first-order valence-corrected chi connectivity index (χ1v) is 7.88. The molecule has 0 fully saturated rings. The van der Waals surface area contributed by atoms with Gasteiger partial charge in [0.15, 0.2) is 0 Å². The van der Waals surface area contributed by atoms with E-state index >= 15 is 0 Å². The molecule has 1 N–H and O–H groups in total. The number of benzene rings is 1. The van der Waals surface area contributed by atoms with Crippen LogP contribution < -0.4 is 5.32 Å². The third-order valence-corrected chi connectivity index (χ3v) is 3.85. The van der Waals surface area contributed by atoms with Crippen molar-refractivity contribution in [1.82, 2.24) is 5.32 Å². The Labute approximate surface area is 127 Å². The van der Waals surface area contributed by atoms with Gasteiger partial charge in [0.1, 0.15) is 0 Å². The van der Waals surface area contributed by atoms with Crippen LogP contribution in [0, 0.1) is 0 Å². The van der Waals surface area contributed by atoms with Crippen LogP contribution in [0.1, 0.15) is 30.1 Å². The van der Waals surface area contributed by atoms with Gasteiger partial charge in [-0.05, 0) is 47.0 Å². The summed E-state index contributed by atoms with van der Waals surface area (Å²) >= 11 is 10.2. The molecule has 0 saturated heterocycles. The molecule has 0 bridgehead atoms. The minimum Gasteiger partial charge on any atom is -0.352 e. The molecule has 1 unspecified atom stereocenters. The number of hydrogen-bond acceptors (Lipinski definition) is 1. The van der Waals surface area contributed by atoms with E-state index in [1.54, 1.807) is 6.07 Å². The van der Waals surface area contributed by atoms with E-state index in [0.717, 1.165) is 21.8 Å². The van der Waals surface area contributed by atoms with Gasteiger partial charge in [-0.15, -0.1) is 0 Å². The van der Waals surface area contributed by atoms with Crippen LogP contribution in [0.2, 0.25) is 0 Å². The first-order valence-electron chi connectivity index (χ1n) is 5.38. The molecule has 0 saturated carbocycles. The van der Waals surface area contributed by atoms with E-state index in [4.69, 9.17) is 0 Å². The number of alkyl halides is 1. The highest BCUT2D eigenvalue weighted by Crippen LogP contribution is 2.21. The molecule has 1 aromatic rings. The molecule has 0 spiro atoms. The van der Waals surface area contributed by atoms with Gasteiger partial charge in [-0.2, -0.15) is 0 Å². The molecule has 1 rings (SSSR count). The molecule has 0 aromatic heterocycles. The van der Waals surface area contributed by atoms with Gasteiger partial charge in [0.25, 0.3) is 5.91 Å². The van der Waals surface area contributed by atoms with Crippen molar-refractivity contribution < 1.29 is 4.79 Å².